The summed E-state index contributed by atoms with van der Waals surface area (Å²) in [6, 6.07) is 5.75. The fraction of sp³-hybridized carbons (Fsp3) is 0.400. The highest BCUT2D eigenvalue weighted by atomic mass is 79.9. The van der Waals surface area contributed by atoms with E-state index in [0.29, 0.717) is 24.1 Å². The molecule has 0 bridgehead atoms. The highest BCUT2D eigenvalue weighted by Gasteiger charge is 2.25. The van der Waals surface area contributed by atoms with Crippen LogP contribution in [0, 0.1) is 0 Å². The zero-order chi connectivity index (χ0) is 21.5. The molecule has 162 valence electrons. The normalized spacial score (nSPS) is 19.3. The number of aromatic nitrogens is 6. The van der Waals surface area contributed by atoms with Gasteiger partial charge in [-0.1, -0.05) is 0 Å². The van der Waals surface area contributed by atoms with Gasteiger partial charge in [-0.3, -0.25) is 0 Å². The number of anilines is 2. The Balaban J connectivity index is 1.45. The summed E-state index contributed by atoms with van der Waals surface area (Å²) in [5.41, 5.74) is 2.50. The zero-order valence-electron chi connectivity index (χ0n) is 17.5. The van der Waals surface area contributed by atoms with Crippen molar-refractivity contribution in [1.82, 2.24) is 29.5 Å². The van der Waals surface area contributed by atoms with Gasteiger partial charge in [0, 0.05) is 19.2 Å². The second-order valence-corrected chi connectivity index (χ2v) is 8.51. The van der Waals surface area contributed by atoms with E-state index in [-0.39, 0.29) is 12.2 Å². The molecule has 0 radical (unpaired) electrons. The maximum atomic E-state index is 5.85. The summed E-state index contributed by atoms with van der Waals surface area (Å²) in [5, 5.41) is 7.76. The molecule has 3 aromatic heterocycles. The van der Waals surface area contributed by atoms with Crippen LogP contribution in [-0.2, 0) is 11.3 Å². The van der Waals surface area contributed by atoms with E-state index < -0.39 is 0 Å². The van der Waals surface area contributed by atoms with Crippen molar-refractivity contribution in [2.24, 2.45) is 0 Å². The van der Waals surface area contributed by atoms with E-state index in [1.54, 1.807) is 17.8 Å². The van der Waals surface area contributed by atoms with Crippen molar-refractivity contribution in [3.63, 3.8) is 0 Å². The third kappa shape index (κ3) is 3.90. The molecule has 1 saturated heterocycles. The van der Waals surface area contributed by atoms with Gasteiger partial charge < -0.3 is 24.7 Å². The van der Waals surface area contributed by atoms with Crippen LogP contribution in [0.5, 0.6) is 5.75 Å². The highest BCUT2D eigenvalue weighted by molar-refractivity contribution is 9.10. The van der Waals surface area contributed by atoms with Crippen molar-refractivity contribution < 1.29 is 9.47 Å². The van der Waals surface area contributed by atoms with Crippen molar-refractivity contribution in [2.75, 3.05) is 30.4 Å². The standard InChI is InChI=1S/C20H23BrN8O2/c1-11-9-28(10-12(2)31-11)20-26-18-14(21)7-23-29(18)19(27-20)22-8-17-24-15-5-4-13(30-3)6-16(15)25-17/h4-7,11-12H,8-10H2,1-3H3,(H,24,25)(H,22,26,27)/t11-,12+. The summed E-state index contributed by atoms with van der Waals surface area (Å²) >= 11 is 3.54. The minimum absolute atomic E-state index is 0.112. The number of rotatable bonds is 5. The molecule has 0 spiro atoms. The van der Waals surface area contributed by atoms with Crippen molar-refractivity contribution in [2.45, 2.75) is 32.6 Å². The molecule has 1 aliphatic heterocycles. The van der Waals surface area contributed by atoms with Gasteiger partial charge in [-0.2, -0.15) is 19.6 Å². The van der Waals surface area contributed by atoms with Gasteiger partial charge >= 0.3 is 0 Å². The Hall–Kier alpha value is -2.92. The van der Waals surface area contributed by atoms with Crippen molar-refractivity contribution >= 4 is 44.5 Å². The molecule has 4 heterocycles. The van der Waals surface area contributed by atoms with Gasteiger partial charge in [0.2, 0.25) is 11.9 Å². The second kappa shape index (κ2) is 7.97. The zero-order valence-corrected chi connectivity index (χ0v) is 19.0. The minimum atomic E-state index is 0.112. The molecule has 31 heavy (non-hydrogen) atoms. The number of nitrogens with zero attached hydrogens (tertiary/aromatic N) is 6. The molecular formula is C20H23BrN8O2. The molecule has 11 heteroatoms. The fourth-order valence-electron chi connectivity index (χ4n) is 3.85. The molecule has 0 saturated carbocycles. The van der Waals surface area contributed by atoms with E-state index in [1.165, 1.54) is 0 Å². The third-order valence-corrected chi connectivity index (χ3v) is 5.73. The Kier molecular flexibility index (Phi) is 5.14. The minimum Gasteiger partial charge on any atom is -0.497 e. The number of morpholine rings is 1. The molecule has 1 aliphatic rings. The van der Waals surface area contributed by atoms with Crippen molar-refractivity contribution in [3.05, 3.63) is 34.7 Å². The summed E-state index contributed by atoms with van der Waals surface area (Å²) in [6.45, 7) is 6.04. The number of methoxy groups -OCH3 is 1. The second-order valence-electron chi connectivity index (χ2n) is 7.66. The first kappa shape index (κ1) is 20.0. The number of benzene rings is 1. The number of ether oxygens (including phenoxy) is 2. The monoisotopic (exact) mass is 486 g/mol. The number of aromatic amines is 1. The quantitative estimate of drug-likeness (QED) is 0.443. The molecule has 10 nitrogen and oxygen atoms in total. The molecule has 1 aromatic carbocycles. The lowest BCUT2D eigenvalue weighted by molar-refractivity contribution is -0.00571. The van der Waals surface area contributed by atoms with E-state index in [9.17, 15) is 0 Å². The van der Waals surface area contributed by atoms with Crippen LogP contribution >= 0.6 is 15.9 Å². The Labute approximate surface area is 187 Å². The molecular weight excluding hydrogens is 464 g/mol. The first-order chi connectivity index (χ1) is 15.0. The van der Waals surface area contributed by atoms with Gasteiger partial charge in [-0.05, 0) is 41.9 Å². The topological polar surface area (TPSA) is 105 Å². The molecule has 0 amide bonds. The summed E-state index contributed by atoms with van der Waals surface area (Å²) in [7, 11) is 1.65. The number of fused-ring (bicyclic) bond motifs is 2. The molecule has 4 aromatic rings. The summed E-state index contributed by atoms with van der Waals surface area (Å²) in [5.74, 6) is 2.81. The van der Waals surface area contributed by atoms with Gasteiger partial charge in [0.25, 0.3) is 0 Å². The van der Waals surface area contributed by atoms with Gasteiger partial charge in [0.1, 0.15) is 11.6 Å². The number of halogens is 1. The maximum Gasteiger partial charge on any atom is 0.230 e. The van der Waals surface area contributed by atoms with E-state index >= 15 is 0 Å². The lowest BCUT2D eigenvalue weighted by Gasteiger charge is -2.35. The molecule has 0 unspecified atom stereocenters. The van der Waals surface area contributed by atoms with Gasteiger partial charge in [0.05, 0.1) is 47.6 Å². The predicted molar refractivity (Wildman–Crippen MR) is 121 cm³/mol. The van der Waals surface area contributed by atoms with Crippen LogP contribution in [0.2, 0.25) is 0 Å². The van der Waals surface area contributed by atoms with Crippen LogP contribution < -0.4 is 15.0 Å². The van der Waals surface area contributed by atoms with E-state index in [2.05, 4.69) is 55.1 Å². The van der Waals surface area contributed by atoms with E-state index in [0.717, 1.165) is 40.2 Å². The third-order valence-electron chi connectivity index (χ3n) is 5.17. The average Bonchev–Trinajstić information content (AvgIpc) is 3.33. The molecule has 1 fully saturated rings. The molecule has 5 rings (SSSR count). The van der Waals surface area contributed by atoms with Crippen LogP contribution in [0.4, 0.5) is 11.9 Å². The van der Waals surface area contributed by atoms with Gasteiger partial charge in [0.15, 0.2) is 5.65 Å². The van der Waals surface area contributed by atoms with Crippen molar-refractivity contribution in [3.8, 4) is 5.75 Å². The Morgan fingerprint density at radius 1 is 1.23 bits per heavy atom. The number of hydrogen-bond donors (Lipinski definition) is 2. The lowest BCUT2D eigenvalue weighted by atomic mass is 10.2. The largest absolute Gasteiger partial charge is 0.497 e. The highest BCUT2D eigenvalue weighted by Crippen LogP contribution is 2.24. The predicted octanol–water partition coefficient (Wildman–Crippen LogP) is 3.00. The first-order valence-corrected chi connectivity index (χ1v) is 10.9. The summed E-state index contributed by atoms with van der Waals surface area (Å²) < 4.78 is 13.6. The van der Waals surface area contributed by atoms with E-state index in [4.69, 9.17) is 19.4 Å². The number of imidazole rings is 1. The smallest absolute Gasteiger partial charge is 0.230 e. The lowest BCUT2D eigenvalue weighted by Crippen LogP contribution is -2.46. The van der Waals surface area contributed by atoms with Crippen LogP contribution in [0.1, 0.15) is 19.7 Å². The van der Waals surface area contributed by atoms with Gasteiger partial charge in [-0.15, -0.1) is 0 Å². The molecule has 0 aliphatic carbocycles. The summed E-state index contributed by atoms with van der Waals surface area (Å²) in [4.78, 5) is 19.6. The number of nitrogens with one attached hydrogen (secondary N) is 2. The van der Waals surface area contributed by atoms with Crippen LogP contribution in [0.15, 0.2) is 28.9 Å². The van der Waals surface area contributed by atoms with Crippen LogP contribution in [-0.4, -0.2) is 62.0 Å². The SMILES string of the molecule is COc1ccc2nc(CNc3nc(N4C[C@@H](C)O[C@@H](C)C4)nc4c(Br)cnn34)[nH]c2c1. The number of H-pyrrole nitrogens is 1. The Bertz CT molecular complexity index is 1230. The molecule has 2 atom stereocenters. The maximum absolute atomic E-state index is 5.85. The van der Waals surface area contributed by atoms with Crippen molar-refractivity contribution in [1.29, 1.82) is 0 Å². The Morgan fingerprint density at radius 2 is 2.03 bits per heavy atom. The van der Waals surface area contributed by atoms with Crippen LogP contribution in [0.25, 0.3) is 16.7 Å². The fourth-order valence-corrected chi connectivity index (χ4v) is 4.20. The van der Waals surface area contributed by atoms with E-state index in [1.807, 2.05) is 18.2 Å². The molecule has 2 N–H and O–H groups in total. The van der Waals surface area contributed by atoms with Crippen LogP contribution in [0.3, 0.4) is 0 Å². The first-order valence-electron chi connectivity index (χ1n) is 10.1. The average molecular weight is 487 g/mol. The van der Waals surface area contributed by atoms with Gasteiger partial charge in [-0.25, -0.2) is 4.98 Å². The Morgan fingerprint density at radius 3 is 2.81 bits per heavy atom. The summed E-state index contributed by atoms with van der Waals surface area (Å²) in [6.07, 6.45) is 1.94. The number of hydrogen-bond acceptors (Lipinski definition) is 8.